The highest BCUT2D eigenvalue weighted by Crippen LogP contribution is 2.39. The maximum Gasteiger partial charge on any atom is 0.305 e. The molecule has 6 heteroatoms. The van der Waals surface area contributed by atoms with Crippen molar-refractivity contribution >= 4 is 22.8 Å². The number of benzene rings is 1. The second kappa shape index (κ2) is 12.4. The minimum Gasteiger partial charge on any atom is -0.469 e. The van der Waals surface area contributed by atoms with E-state index in [2.05, 4.69) is 23.6 Å². The van der Waals surface area contributed by atoms with E-state index in [0.29, 0.717) is 25.3 Å². The molecule has 0 bridgehead atoms. The molecule has 2 aliphatic rings. The molecule has 2 heterocycles. The largest absolute Gasteiger partial charge is 0.469 e. The van der Waals surface area contributed by atoms with Gasteiger partial charge in [-0.05, 0) is 81.0 Å². The summed E-state index contributed by atoms with van der Waals surface area (Å²) in [6.07, 6.45) is 6.76. The van der Waals surface area contributed by atoms with Crippen LogP contribution in [0.5, 0.6) is 0 Å². The summed E-state index contributed by atoms with van der Waals surface area (Å²) < 4.78 is 12.7. The summed E-state index contributed by atoms with van der Waals surface area (Å²) in [5.41, 5.74) is 4.88. The number of hydrogen-bond donors (Lipinski definition) is 0. The van der Waals surface area contributed by atoms with Gasteiger partial charge < -0.3 is 18.9 Å². The molecule has 0 saturated carbocycles. The van der Waals surface area contributed by atoms with Gasteiger partial charge in [0.05, 0.1) is 7.11 Å². The first-order valence-corrected chi connectivity index (χ1v) is 13.1. The summed E-state index contributed by atoms with van der Waals surface area (Å²) in [6, 6.07) is 6.18. The Kier molecular flexibility index (Phi) is 9.57. The van der Waals surface area contributed by atoms with Crippen molar-refractivity contribution in [3.05, 3.63) is 35.0 Å². The quantitative estimate of drug-likeness (QED) is 0.519. The zero-order valence-corrected chi connectivity index (χ0v) is 21.7. The van der Waals surface area contributed by atoms with Gasteiger partial charge in [-0.15, -0.1) is 0 Å². The van der Waals surface area contributed by atoms with Gasteiger partial charge in [0.15, 0.2) is 0 Å². The zero-order chi connectivity index (χ0) is 24.7. The van der Waals surface area contributed by atoms with Crippen molar-refractivity contribution in [2.75, 3.05) is 33.9 Å². The van der Waals surface area contributed by atoms with Crippen LogP contribution in [0.25, 0.3) is 10.9 Å². The highest BCUT2D eigenvalue weighted by molar-refractivity contribution is 5.99. The average Bonchev–Trinajstić information content (AvgIpc) is 3.21. The number of nitrogens with zero attached hydrogens (tertiary/aromatic N) is 2. The molecule has 1 unspecified atom stereocenters. The van der Waals surface area contributed by atoms with Crippen LogP contribution in [0.1, 0.15) is 74.5 Å². The van der Waals surface area contributed by atoms with Crippen LogP contribution in [-0.2, 0) is 33.7 Å². The number of carbonyl (C=O) groups is 2. The van der Waals surface area contributed by atoms with Gasteiger partial charge >= 0.3 is 5.97 Å². The molecular formula is C28H42N2O4. The molecule has 0 spiro atoms. The second-order valence-electron chi connectivity index (χ2n) is 9.26. The van der Waals surface area contributed by atoms with Crippen molar-refractivity contribution in [2.24, 2.45) is 11.8 Å². The number of carbonyl (C=O) groups excluding carboxylic acids is 2. The molecule has 1 atom stereocenters. The molecular weight excluding hydrogens is 428 g/mol. The van der Waals surface area contributed by atoms with E-state index in [9.17, 15) is 9.59 Å². The first-order valence-electron chi connectivity index (χ1n) is 13.1. The van der Waals surface area contributed by atoms with E-state index >= 15 is 0 Å². The average molecular weight is 471 g/mol. The SMILES string of the molecule is CC.CCn1c2c(c3cc(C(=O)N(C)CCCC(=O)OC)ccc31)CC(C1CCOCC1)CC2. The van der Waals surface area contributed by atoms with Gasteiger partial charge in [0.1, 0.15) is 0 Å². The van der Waals surface area contributed by atoms with Crippen molar-refractivity contribution < 1.29 is 19.1 Å². The van der Waals surface area contributed by atoms with Gasteiger partial charge in [-0.25, -0.2) is 0 Å². The normalized spacial score (nSPS) is 18.1. The van der Waals surface area contributed by atoms with Gasteiger partial charge in [-0.1, -0.05) is 13.8 Å². The van der Waals surface area contributed by atoms with E-state index in [4.69, 9.17) is 9.47 Å². The van der Waals surface area contributed by atoms with Gasteiger partial charge in [0, 0.05) is 61.9 Å². The molecule has 1 aliphatic carbocycles. The predicted octanol–water partition coefficient (Wildman–Crippen LogP) is 5.24. The number of esters is 1. The van der Waals surface area contributed by atoms with Crippen LogP contribution < -0.4 is 0 Å². The van der Waals surface area contributed by atoms with Crippen LogP contribution in [0.4, 0.5) is 0 Å². The Bertz CT molecular complexity index is 974. The predicted molar refractivity (Wildman–Crippen MR) is 136 cm³/mol. The van der Waals surface area contributed by atoms with Crippen LogP contribution in [0.3, 0.4) is 0 Å². The Morgan fingerprint density at radius 2 is 1.88 bits per heavy atom. The van der Waals surface area contributed by atoms with Gasteiger partial charge in [0.25, 0.3) is 5.91 Å². The van der Waals surface area contributed by atoms with Crippen LogP contribution in [0.2, 0.25) is 0 Å². The maximum absolute atomic E-state index is 13.1. The molecule has 1 saturated heterocycles. The highest BCUT2D eigenvalue weighted by Gasteiger charge is 2.31. The number of amides is 1. The van der Waals surface area contributed by atoms with Crippen LogP contribution in [0.15, 0.2) is 18.2 Å². The molecule has 1 aromatic carbocycles. The third-order valence-electron chi connectivity index (χ3n) is 7.45. The monoisotopic (exact) mass is 470 g/mol. The molecule has 4 rings (SSSR count). The smallest absolute Gasteiger partial charge is 0.305 e. The summed E-state index contributed by atoms with van der Waals surface area (Å²) in [6.45, 7) is 9.48. The van der Waals surface area contributed by atoms with E-state index < -0.39 is 0 Å². The van der Waals surface area contributed by atoms with Crippen molar-refractivity contribution in [2.45, 2.75) is 72.3 Å². The standard InChI is InChI=1S/C26H36N2O4.C2H6/c1-4-28-23-9-7-19(18-11-14-32-15-12-18)16-21(23)22-17-20(8-10-24(22)28)26(30)27(2)13-5-6-25(29)31-3;1-2/h8,10,17-19H,4-7,9,11-16H2,1-3H3;1-2H3. The van der Waals surface area contributed by atoms with E-state index in [1.807, 2.05) is 19.9 Å². The summed E-state index contributed by atoms with van der Waals surface area (Å²) in [5, 5.41) is 1.24. The highest BCUT2D eigenvalue weighted by atomic mass is 16.5. The minimum atomic E-state index is -0.237. The van der Waals surface area contributed by atoms with Crippen LogP contribution >= 0.6 is 0 Å². The van der Waals surface area contributed by atoms with Crippen molar-refractivity contribution in [1.29, 1.82) is 0 Å². The van der Waals surface area contributed by atoms with Gasteiger partial charge in [-0.2, -0.15) is 0 Å². The molecule has 1 aliphatic heterocycles. The van der Waals surface area contributed by atoms with Gasteiger partial charge in [-0.3, -0.25) is 9.59 Å². The lowest BCUT2D eigenvalue weighted by Crippen LogP contribution is -2.28. The Balaban J connectivity index is 0.00000158. The Morgan fingerprint density at radius 3 is 2.56 bits per heavy atom. The topological polar surface area (TPSA) is 60.8 Å². The summed E-state index contributed by atoms with van der Waals surface area (Å²) in [7, 11) is 3.19. The first-order chi connectivity index (χ1) is 16.5. The van der Waals surface area contributed by atoms with E-state index in [0.717, 1.165) is 44.1 Å². The Hall–Kier alpha value is -2.34. The number of hydrogen-bond acceptors (Lipinski definition) is 4. The van der Waals surface area contributed by atoms with Crippen molar-refractivity contribution in [3.63, 3.8) is 0 Å². The minimum absolute atomic E-state index is 0.00607. The molecule has 0 N–H and O–H groups in total. The third-order valence-corrected chi connectivity index (χ3v) is 7.45. The number of methoxy groups -OCH3 is 1. The van der Waals surface area contributed by atoms with E-state index in [1.54, 1.807) is 11.9 Å². The molecule has 188 valence electrons. The number of fused-ring (bicyclic) bond motifs is 3. The maximum atomic E-state index is 13.1. The Morgan fingerprint density at radius 1 is 1.15 bits per heavy atom. The van der Waals surface area contributed by atoms with Crippen LogP contribution in [-0.4, -0.2) is 55.3 Å². The second-order valence-corrected chi connectivity index (χ2v) is 9.26. The summed E-state index contributed by atoms with van der Waals surface area (Å²) in [4.78, 5) is 26.1. The van der Waals surface area contributed by atoms with E-state index in [-0.39, 0.29) is 11.9 Å². The lowest BCUT2D eigenvalue weighted by atomic mass is 9.75. The lowest BCUT2D eigenvalue weighted by Gasteiger charge is -2.33. The molecule has 0 radical (unpaired) electrons. The number of ether oxygens (including phenoxy) is 2. The van der Waals surface area contributed by atoms with Crippen LogP contribution in [0, 0.1) is 11.8 Å². The summed E-state index contributed by atoms with van der Waals surface area (Å²) in [5.74, 6) is 1.23. The number of rotatable bonds is 7. The zero-order valence-electron chi connectivity index (χ0n) is 21.7. The molecule has 2 aromatic rings. The number of aromatic nitrogens is 1. The lowest BCUT2D eigenvalue weighted by molar-refractivity contribution is -0.140. The Labute approximate surface area is 204 Å². The fourth-order valence-corrected chi connectivity index (χ4v) is 5.65. The molecule has 1 amide bonds. The molecule has 6 nitrogen and oxygen atoms in total. The van der Waals surface area contributed by atoms with E-state index in [1.165, 1.54) is 48.5 Å². The first kappa shape index (κ1) is 26.3. The molecule has 34 heavy (non-hydrogen) atoms. The number of aryl methyl sites for hydroxylation is 1. The fraction of sp³-hybridized carbons (Fsp3) is 0.643. The fourth-order valence-electron chi connectivity index (χ4n) is 5.65. The third kappa shape index (κ3) is 5.65. The van der Waals surface area contributed by atoms with Crippen molar-refractivity contribution in [3.8, 4) is 0 Å². The van der Waals surface area contributed by atoms with Crippen molar-refractivity contribution in [1.82, 2.24) is 9.47 Å². The molecule has 1 aromatic heterocycles. The summed E-state index contributed by atoms with van der Waals surface area (Å²) >= 11 is 0. The van der Waals surface area contributed by atoms with Gasteiger partial charge in [0.2, 0.25) is 0 Å². The molecule has 1 fully saturated rings.